The molecular formula is C19H25NO3. The number of carbonyl (C=O) groups excluding carboxylic acids is 1. The lowest BCUT2D eigenvalue weighted by Gasteiger charge is -2.13. The summed E-state index contributed by atoms with van der Waals surface area (Å²) in [7, 11) is 0. The molecule has 1 aromatic carbocycles. The van der Waals surface area contributed by atoms with Gasteiger partial charge in [-0.1, -0.05) is 44.7 Å². The van der Waals surface area contributed by atoms with Crippen molar-refractivity contribution in [3.8, 4) is 0 Å². The van der Waals surface area contributed by atoms with Gasteiger partial charge in [-0.05, 0) is 25.5 Å². The molecular weight excluding hydrogens is 290 g/mol. The maximum Gasteiger partial charge on any atom is 0.343 e. The number of rotatable bonds is 8. The summed E-state index contributed by atoms with van der Waals surface area (Å²) in [4.78, 5) is 24.5. The number of carbonyl (C=O) groups is 1. The molecule has 0 saturated carbocycles. The molecule has 0 unspecified atom stereocenters. The number of fused-ring (bicyclic) bond motifs is 1. The molecule has 4 nitrogen and oxygen atoms in total. The van der Waals surface area contributed by atoms with Crippen LogP contribution in [0.3, 0.4) is 0 Å². The van der Waals surface area contributed by atoms with Crippen molar-refractivity contribution >= 4 is 16.9 Å². The third kappa shape index (κ3) is 4.21. The van der Waals surface area contributed by atoms with Crippen molar-refractivity contribution in [2.45, 2.75) is 52.5 Å². The highest BCUT2D eigenvalue weighted by Gasteiger charge is 2.15. The van der Waals surface area contributed by atoms with Crippen molar-refractivity contribution in [2.75, 3.05) is 6.61 Å². The van der Waals surface area contributed by atoms with Crippen LogP contribution in [-0.4, -0.2) is 17.1 Å². The van der Waals surface area contributed by atoms with Crippen LogP contribution >= 0.6 is 0 Å². The molecule has 0 atom stereocenters. The number of aromatic nitrogens is 1. The minimum atomic E-state index is -0.539. The topological polar surface area (TPSA) is 48.3 Å². The molecule has 0 aliphatic carbocycles. The second-order valence-electron chi connectivity index (χ2n) is 5.72. The van der Waals surface area contributed by atoms with Crippen LogP contribution in [0.5, 0.6) is 0 Å². The summed E-state index contributed by atoms with van der Waals surface area (Å²) in [6.07, 6.45) is 7.53. The Morgan fingerprint density at radius 3 is 2.57 bits per heavy atom. The number of pyridine rings is 1. The molecule has 0 aliphatic rings. The first kappa shape index (κ1) is 17.3. The molecule has 23 heavy (non-hydrogen) atoms. The summed E-state index contributed by atoms with van der Waals surface area (Å²) in [6, 6.07) is 7.44. The minimum Gasteiger partial charge on any atom is -0.462 e. The van der Waals surface area contributed by atoms with Crippen LogP contribution in [0, 0.1) is 0 Å². The van der Waals surface area contributed by atoms with Gasteiger partial charge in [0, 0.05) is 18.1 Å². The molecule has 0 bridgehead atoms. The number of hydrogen-bond acceptors (Lipinski definition) is 3. The first-order valence-corrected chi connectivity index (χ1v) is 8.48. The van der Waals surface area contributed by atoms with E-state index in [1.807, 2.05) is 22.8 Å². The third-order valence-corrected chi connectivity index (χ3v) is 3.99. The fourth-order valence-electron chi connectivity index (χ4n) is 2.77. The first-order valence-electron chi connectivity index (χ1n) is 8.48. The van der Waals surface area contributed by atoms with E-state index in [1.54, 1.807) is 19.2 Å². The maximum absolute atomic E-state index is 12.5. The van der Waals surface area contributed by atoms with Gasteiger partial charge in [0.25, 0.3) is 0 Å². The summed E-state index contributed by atoms with van der Waals surface area (Å²) < 4.78 is 7.03. The summed E-state index contributed by atoms with van der Waals surface area (Å²) in [6.45, 7) is 5.01. The van der Waals surface area contributed by atoms with Crippen molar-refractivity contribution in [3.63, 3.8) is 0 Å². The Balaban J connectivity index is 2.32. The first-order chi connectivity index (χ1) is 11.2. The van der Waals surface area contributed by atoms with Crippen LogP contribution in [0.1, 0.15) is 56.3 Å². The molecule has 0 aliphatic heterocycles. The smallest absolute Gasteiger partial charge is 0.343 e. The summed E-state index contributed by atoms with van der Waals surface area (Å²) >= 11 is 0. The number of ether oxygens (including phenoxy) is 1. The van der Waals surface area contributed by atoms with E-state index in [2.05, 4.69) is 6.92 Å². The Bertz CT molecular complexity index is 718. The predicted octanol–water partition coefficient (Wildman–Crippen LogP) is 4.15. The van der Waals surface area contributed by atoms with Gasteiger partial charge in [0.1, 0.15) is 5.56 Å². The molecule has 4 heteroatoms. The number of nitrogens with zero attached hydrogens (tertiary/aromatic N) is 1. The average molecular weight is 315 g/mol. The molecule has 0 saturated heterocycles. The largest absolute Gasteiger partial charge is 0.462 e. The standard InChI is InChI=1S/C19H25NO3/c1-3-5-6-7-10-13-20-14-16(19(22)23-4-2)18(21)15-11-8-9-12-17(15)20/h8-9,11-12,14H,3-7,10,13H2,1-2H3. The van der Waals surface area contributed by atoms with Crippen molar-refractivity contribution in [3.05, 3.63) is 46.2 Å². The Morgan fingerprint density at radius 2 is 1.83 bits per heavy atom. The van der Waals surface area contributed by atoms with Crippen molar-refractivity contribution in [1.82, 2.24) is 4.57 Å². The molecule has 0 N–H and O–H groups in total. The quantitative estimate of drug-likeness (QED) is 0.543. The number of para-hydroxylation sites is 1. The summed E-state index contributed by atoms with van der Waals surface area (Å²) in [5.41, 5.74) is 0.751. The summed E-state index contributed by atoms with van der Waals surface area (Å²) in [5, 5.41) is 0.576. The van der Waals surface area contributed by atoms with Crippen molar-refractivity contribution in [1.29, 1.82) is 0 Å². The van der Waals surface area contributed by atoms with Gasteiger partial charge in [-0.3, -0.25) is 4.79 Å². The molecule has 0 radical (unpaired) electrons. The molecule has 1 aromatic heterocycles. The van der Waals surface area contributed by atoms with E-state index in [4.69, 9.17) is 4.74 Å². The van der Waals surface area contributed by atoms with Gasteiger partial charge >= 0.3 is 5.97 Å². The van der Waals surface area contributed by atoms with E-state index in [0.717, 1.165) is 24.9 Å². The maximum atomic E-state index is 12.5. The Kier molecular flexibility index (Phi) is 6.39. The second-order valence-corrected chi connectivity index (χ2v) is 5.72. The number of aryl methyl sites for hydroxylation is 1. The molecule has 0 spiro atoms. The number of unbranched alkanes of at least 4 members (excludes halogenated alkanes) is 4. The molecule has 2 aromatic rings. The van der Waals surface area contributed by atoms with Crippen molar-refractivity contribution in [2.24, 2.45) is 0 Å². The van der Waals surface area contributed by atoms with Crippen LogP contribution in [-0.2, 0) is 11.3 Å². The number of benzene rings is 1. The van der Waals surface area contributed by atoms with Gasteiger partial charge in [-0.15, -0.1) is 0 Å². The van der Waals surface area contributed by atoms with E-state index in [0.29, 0.717) is 5.39 Å². The van der Waals surface area contributed by atoms with Gasteiger partial charge in [-0.25, -0.2) is 4.79 Å². The highest BCUT2D eigenvalue weighted by Crippen LogP contribution is 2.14. The van der Waals surface area contributed by atoms with Gasteiger partial charge in [-0.2, -0.15) is 0 Å². The Morgan fingerprint density at radius 1 is 1.09 bits per heavy atom. The van der Waals surface area contributed by atoms with Gasteiger partial charge < -0.3 is 9.30 Å². The normalized spacial score (nSPS) is 10.9. The molecule has 1 heterocycles. The van der Waals surface area contributed by atoms with Gasteiger partial charge in [0.2, 0.25) is 5.43 Å². The lowest BCUT2D eigenvalue weighted by molar-refractivity contribution is 0.0524. The SMILES string of the molecule is CCCCCCCn1cc(C(=O)OCC)c(=O)c2ccccc21. The Labute approximate surface area is 137 Å². The van der Waals surface area contributed by atoms with Crippen LogP contribution < -0.4 is 5.43 Å². The average Bonchev–Trinajstić information content (AvgIpc) is 2.57. The molecule has 0 amide bonds. The Hall–Kier alpha value is -2.10. The lowest BCUT2D eigenvalue weighted by atomic mass is 10.1. The third-order valence-electron chi connectivity index (χ3n) is 3.99. The second kappa shape index (κ2) is 8.51. The van der Waals surface area contributed by atoms with Crippen molar-refractivity contribution < 1.29 is 9.53 Å². The fraction of sp³-hybridized carbons (Fsp3) is 0.474. The minimum absolute atomic E-state index is 0.124. The van der Waals surface area contributed by atoms with Crippen LogP contribution in [0.25, 0.3) is 10.9 Å². The van der Waals surface area contributed by atoms with E-state index in [-0.39, 0.29) is 17.6 Å². The van der Waals surface area contributed by atoms with Gasteiger partial charge in [0.05, 0.1) is 12.1 Å². The van der Waals surface area contributed by atoms with E-state index < -0.39 is 5.97 Å². The van der Waals surface area contributed by atoms with E-state index >= 15 is 0 Å². The van der Waals surface area contributed by atoms with Gasteiger partial charge in [0.15, 0.2) is 0 Å². The highest BCUT2D eigenvalue weighted by atomic mass is 16.5. The predicted molar refractivity (Wildman–Crippen MR) is 92.9 cm³/mol. The van der Waals surface area contributed by atoms with E-state index in [9.17, 15) is 9.59 Å². The summed E-state index contributed by atoms with van der Waals surface area (Å²) in [5.74, 6) is -0.539. The lowest BCUT2D eigenvalue weighted by Crippen LogP contribution is -2.21. The van der Waals surface area contributed by atoms with E-state index in [1.165, 1.54) is 19.3 Å². The van der Waals surface area contributed by atoms with Crippen LogP contribution in [0.2, 0.25) is 0 Å². The fourth-order valence-corrected chi connectivity index (χ4v) is 2.77. The van der Waals surface area contributed by atoms with Crippen LogP contribution in [0.4, 0.5) is 0 Å². The molecule has 2 rings (SSSR count). The monoisotopic (exact) mass is 315 g/mol. The number of hydrogen-bond donors (Lipinski definition) is 0. The molecule has 0 fully saturated rings. The number of esters is 1. The molecule has 124 valence electrons. The zero-order valence-corrected chi connectivity index (χ0v) is 14.0. The zero-order valence-electron chi connectivity index (χ0n) is 14.0. The zero-order chi connectivity index (χ0) is 16.7. The highest BCUT2D eigenvalue weighted by molar-refractivity contribution is 5.93. The van der Waals surface area contributed by atoms with Crippen LogP contribution in [0.15, 0.2) is 35.3 Å².